The number of carboxylic acid groups (broad SMARTS) is 1. The van der Waals surface area contributed by atoms with Gasteiger partial charge >= 0.3 is 96.7 Å². The van der Waals surface area contributed by atoms with E-state index in [4.69, 9.17) is 9.66 Å². The molecule has 0 unspecified atom stereocenters. The van der Waals surface area contributed by atoms with Gasteiger partial charge in [0, 0.05) is 6.08 Å². The normalized spacial score (nSPS) is 10.7. The van der Waals surface area contributed by atoms with Crippen LogP contribution in [0.5, 0.6) is 0 Å². The van der Waals surface area contributed by atoms with Gasteiger partial charge < -0.3 is 9.84 Å². The average Bonchev–Trinajstić information content (AvgIpc) is 2.26. The minimum atomic E-state index is -3.66. The zero-order valence-corrected chi connectivity index (χ0v) is 15.0. The second-order valence-electron chi connectivity index (χ2n) is 3.45. The summed E-state index contributed by atoms with van der Waals surface area (Å²) in [7, 11) is -3.66. The number of ether oxygens (including phenoxy) is 1. The molecule has 0 bridgehead atoms. The number of esters is 1. The molecule has 0 radical (unpaired) electrons. The first-order chi connectivity index (χ1) is 8.72. The van der Waals surface area contributed by atoms with Crippen molar-refractivity contribution in [2.75, 3.05) is 12.4 Å². The van der Waals surface area contributed by atoms with Gasteiger partial charge in [0.15, 0.2) is 0 Å². The van der Waals surface area contributed by atoms with Crippen molar-refractivity contribution in [3.8, 4) is 0 Å². The molecule has 0 aliphatic carbocycles. The molecular formula is C10H17KO7S. The number of hydrogen-bond donors (Lipinski definition) is 2. The van der Waals surface area contributed by atoms with E-state index in [0.29, 0.717) is 55.4 Å². The summed E-state index contributed by atoms with van der Waals surface area (Å²) in [6.45, 7) is 1.61. The molecule has 0 fully saturated rings. The van der Waals surface area contributed by atoms with Crippen LogP contribution in [0, 0.1) is 0 Å². The van der Waals surface area contributed by atoms with Crippen molar-refractivity contribution in [2.45, 2.75) is 20.3 Å². The summed E-state index contributed by atoms with van der Waals surface area (Å²) in [5.41, 5.74) is 0. The fourth-order valence-electron chi connectivity index (χ4n) is 0.750. The Labute approximate surface area is 146 Å². The molecular weight excluding hydrogens is 303 g/mol. The molecule has 0 aromatic rings. The van der Waals surface area contributed by atoms with Crippen molar-refractivity contribution >= 4 is 71.0 Å². The van der Waals surface area contributed by atoms with Crippen LogP contribution >= 0.6 is 0 Å². The third kappa shape index (κ3) is 23.7. The van der Waals surface area contributed by atoms with Crippen molar-refractivity contribution < 1.29 is 32.4 Å². The summed E-state index contributed by atoms with van der Waals surface area (Å²) < 4.78 is 33.5. The standard InChI is InChI=1S/C7H10O4.C3H7O3S.K/c1-2-3-7(10)11-5-4-6(8)9;1-2-3-7(4,5)6;/h2-3H,4-5H2,1H3,(H,8,9);1-3H2,(H,4,5,6);. The maximum absolute atomic E-state index is 10.5. The van der Waals surface area contributed by atoms with E-state index in [2.05, 4.69) is 4.74 Å². The quantitative estimate of drug-likeness (QED) is 0.302. The van der Waals surface area contributed by atoms with Crippen molar-refractivity contribution in [1.82, 2.24) is 0 Å². The van der Waals surface area contributed by atoms with Crippen molar-refractivity contribution in [3.05, 3.63) is 12.2 Å². The number of allylic oxidation sites excluding steroid dienone is 1. The first-order valence-corrected chi connectivity index (χ1v) is 9.51. The van der Waals surface area contributed by atoms with Gasteiger partial charge in [-0.15, -0.1) is 0 Å². The Morgan fingerprint density at radius 3 is 2.26 bits per heavy atom. The first kappa shape index (κ1) is 21.5. The van der Waals surface area contributed by atoms with Crippen molar-refractivity contribution in [3.63, 3.8) is 0 Å². The van der Waals surface area contributed by atoms with Crippen LogP contribution in [0.1, 0.15) is 19.8 Å². The van der Waals surface area contributed by atoms with Gasteiger partial charge in [0.1, 0.15) is 6.61 Å². The molecule has 0 heterocycles. The summed E-state index contributed by atoms with van der Waals surface area (Å²) in [6.07, 6.45) is 3.24. The molecule has 0 saturated carbocycles. The molecule has 0 rings (SSSR count). The minimum absolute atomic E-state index is 0.0608. The maximum atomic E-state index is 10.5. The van der Waals surface area contributed by atoms with E-state index >= 15 is 0 Å². The molecule has 0 saturated heterocycles. The van der Waals surface area contributed by atoms with Gasteiger partial charge in [-0.05, 0) is 6.92 Å². The fourth-order valence-corrected chi connectivity index (χ4v) is 2.76. The van der Waals surface area contributed by atoms with Crippen LogP contribution in [-0.4, -0.2) is 91.3 Å². The zero-order valence-electron chi connectivity index (χ0n) is 11.0. The van der Waals surface area contributed by atoms with Gasteiger partial charge in [-0.3, -0.25) is 4.79 Å². The molecule has 19 heavy (non-hydrogen) atoms. The van der Waals surface area contributed by atoms with Crippen molar-refractivity contribution in [2.24, 2.45) is 0 Å². The van der Waals surface area contributed by atoms with E-state index in [1.54, 1.807) is 6.92 Å². The predicted octanol–water partition coefficient (Wildman–Crippen LogP) is 0.431. The Kier molecular flexibility index (Phi) is 15.0. The zero-order chi connectivity index (χ0) is 15.3. The van der Waals surface area contributed by atoms with E-state index in [1.807, 2.05) is 0 Å². The molecule has 7 nitrogen and oxygen atoms in total. The van der Waals surface area contributed by atoms with Gasteiger partial charge in [-0.25, -0.2) is 4.79 Å². The van der Waals surface area contributed by atoms with Gasteiger partial charge in [0.2, 0.25) is 0 Å². The third-order valence-corrected chi connectivity index (χ3v) is 3.53. The van der Waals surface area contributed by atoms with Gasteiger partial charge in [-0.1, -0.05) is 6.08 Å². The second-order valence-corrected chi connectivity index (χ2v) is 6.58. The van der Waals surface area contributed by atoms with E-state index in [-0.39, 0.29) is 18.8 Å². The Morgan fingerprint density at radius 1 is 1.37 bits per heavy atom. The summed E-state index contributed by atoms with van der Waals surface area (Å²) in [6, 6.07) is 0. The molecule has 0 aromatic heterocycles. The molecule has 2 N–H and O–H groups in total. The summed E-state index contributed by atoms with van der Waals surface area (Å²) in [5, 5.41) is 8.15. The molecule has 0 aromatic carbocycles. The topological polar surface area (TPSA) is 118 Å². The Balaban J connectivity index is 0. The molecule has 0 spiro atoms. The van der Waals surface area contributed by atoms with E-state index in [9.17, 15) is 18.0 Å². The molecule has 0 aliphatic rings. The number of aliphatic carboxylic acids is 1. The first-order valence-electron chi connectivity index (χ1n) is 5.69. The number of hydrogen-bond acceptors (Lipinski definition) is 5. The van der Waals surface area contributed by atoms with Crippen LogP contribution in [0.4, 0.5) is 0 Å². The fraction of sp³-hybridized carbons (Fsp3) is 0.600. The van der Waals surface area contributed by atoms with Gasteiger partial charge in [0.05, 0.1) is 6.42 Å². The predicted molar refractivity (Wildman–Crippen MR) is 69.6 cm³/mol. The molecule has 0 atom stereocenters. The van der Waals surface area contributed by atoms with Crippen molar-refractivity contribution in [1.29, 1.82) is 0 Å². The summed E-state index contributed by atoms with van der Waals surface area (Å²) >= 11 is 0.706. The molecule has 106 valence electrons. The monoisotopic (exact) mass is 320 g/mol. The Bertz CT molecular complexity index is 389. The number of carbonyl (C=O) groups excluding carboxylic acids is 1. The van der Waals surface area contributed by atoms with Gasteiger partial charge in [0.25, 0.3) is 0 Å². The molecule has 0 amide bonds. The Morgan fingerprint density at radius 2 is 1.95 bits per heavy atom. The summed E-state index contributed by atoms with van der Waals surface area (Å²) in [4.78, 5) is 20.5. The van der Waals surface area contributed by atoms with Gasteiger partial charge in [-0.2, -0.15) is 0 Å². The number of carbonyl (C=O) groups is 2. The van der Waals surface area contributed by atoms with Crippen LogP contribution < -0.4 is 0 Å². The SMILES string of the molecule is CC=CC(=O)OCCC(=O)O.O=S(=O)(O)CC[CH2][K]. The van der Waals surface area contributed by atoms with Crippen LogP contribution in [0.25, 0.3) is 0 Å². The van der Waals surface area contributed by atoms with E-state index < -0.39 is 22.1 Å². The van der Waals surface area contributed by atoms with Crippen LogP contribution in [0.3, 0.4) is 0 Å². The van der Waals surface area contributed by atoms with Crippen LogP contribution in [0.15, 0.2) is 12.2 Å². The number of rotatable bonds is 7. The molecule has 0 aliphatic heterocycles. The Hall–Kier alpha value is 0.226. The van der Waals surface area contributed by atoms with Crippen LogP contribution in [0.2, 0.25) is 0.515 Å². The second kappa shape index (κ2) is 13.2. The van der Waals surface area contributed by atoms with Crippen LogP contribution in [-0.2, 0) is 24.4 Å². The summed E-state index contributed by atoms with van der Waals surface area (Å²) in [5.74, 6) is -1.54. The van der Waals surface area contributed by atoms with E-state index in [1.165, 1.54) is 12.2 Å². The molecule has 9 heteroatoms. The van der Waals surface area contributed by atoms with E-state index in [0.717, 1.165) is 0.515 Å². The number of carboxylic acids is 1. The third-order valence-electron chi connectivity index (χ3n) is 1.62. The average molecular weight is 320 g/mol.